The first-order valence-electron chi connectivity index (χ1n) is 10.6. The van der Waals surface area contributed by atoms with Crippen LogP contribution in [0.3, 0.4) is 0 Å². The largest absolute Gasteiger partial charge is 0.494 e. The fourth-order valence-electron chi connectivity index (χ4n) is 3.19. The van der Waals surface area contributed by atoms with Crippen molar-refractivity contribution in [1.82, 2.24) is 9.38 Å². The Bertz CT molecular complexity index is 1500. The van der Waals surface area contributed by atoms with E-state index in [4.69, 9.17) is 9.47 Å². The molecular formula is C26H19BrN4O4. The van der Waals surface area contributed by atoms with Gasteiger partial charge in [0.25, 0.3) is 11.5 Å². The minimum absolute atomic E-state index is 0.0230. The molecule has 0 aliphatic carbocycles. The maximum atomic E-state index is 13.3. The van der Waals surface area contributed by atoms with E-state index in [1.54, 1.807) is 72.9 Å². The Morgan fingerprint density at radius 1 is 1.11 bits per heavy atom. The van der Waals surface area contributed by atoms with Gasteiger partial charge in [0, 0.05) is 16.4 Å². The molecule has 0 radical (unpaired) electrons. The molecule has 1 N–H and O–H groups in total. The summed E-state index contributed by atoms with van der Waals surface area (Å²) < 4.78 is 13.5. The third-order valence-electron chi connectivity index (χ3n) is 4.84. The number of nitrogens with one attached hydrogen (secondary N) is 1. The van der Waals surface area contributed by atoms with E-state index in [9.17, 15) is 14.9 Å². The molecule has 0 aliphatic heterocycles. The zero-order chi connectivity index (χ0) is 24.8. The monoisotopic (exact) mass is 530 g/mol. The van der Waals surface area contributed by atoms with Gasteiger partial charge in [0.2, 0.25) is 5.88 Å². The van der Waals surface area contributed by atoms with Gasteiger partial charge >= 0.3 is 0 Å². The first-order chi connectivity index (χ1) is 17.0. The van der Waals surface area contributed by atoms with Crippen molar-refractivity contribution >= 4 is 39.2 Å². The van der Waals surface area contributed by atoms with Gasteiger partial charge in [-0.1, -0.05) is 22.0 Å². The average Bonchev–Trinajstić information content (AvgIpc) is 2.86. The molecule has 0 aliphatic rings. The molecule has 4 rings (SSSR count). The number of rotatable bonds is 7. The highest BCUT2D eigenvalue weighted by Crippen LogP contribution is 2.25. The lowest BCUT2D eigenvalue weighted by Gasteiger charge is -2.11. The van der Waals surface area contributed by atoms with E-state index in [1.807, 2.05) is 13.0 Å². The Kier molecular flexibility index (Phi) is 7.24. The molecule has 4 aromatic rings. The maximum Gasteiger partial charge on any atom is 0.269 e. The molecule has 35 heavy (non-hydrogen) atoms. The van der Waals surface area contributed by atoms with Crippen molar-refractivity contribution in [2.75, 3.05) is 11.9 Å². The fraction of sp³-hybridized carbons (Fsp3) is 0.0769. The summed E-state index contributed by atoms with van der Waals surface area (Å²) in [6.07, 6.45) is 2.74. The summed E-state index contributed by atoms with van der Waals surface area (Å²) in [5, 5.41) is 12.3. The van der Waals surface area contributed by atoms with Crippen LogP contribution in [-0.4, -0.2) is 21.9 Å². The number of pyridine rings is 1. The van der Waals surface area contributed by atoms with Crippen molar-refractivity contribution in [3.63, 3.8) is 0 Å². The second-order valence-electron chi connectivity index (χ2n) is 7.20. The van der Waals surface area contributed by atoms with Crippen molar-refractivity contribution in [3.05, 3.63) is 98.9 Å². The molecule has 0 bridgehead atoms. The topological polar surface area (TPSA) is 106 Å². The van der Waals surface area contributed by atoms with E-state index >= 15 is 0 Å². The predicted octanol–water partition coefficient (Wildman–Crippen LogP) is 5.19. The van der Waals surface area contributed by atoms with Crippen LogP contribution in [-0.2, 0) is 4.79 Å². The number of aromatic nitrogens is 2. The van der Waals surface area contributed by atoms with E-state index < -0.39 is 11.5 Å². The molecule has 0 atom stereocenters. The second kappa shape index (κ2) is 10.7. The predicted molar refractivity (Wildman–Crippen MR) is 136 cm³/mol. The van der Waals surface area contributed by atoms with Gasteiger partial charge in [0.15, 0.2) is 0 Å². The second-order valence-corrected chi connectivity index (χ2v) is 8.12. The molecule has 9 heteroatoms. The van der Waals surface area contributed by atoms with E-state index in [1.165, 1.54) is 10.5 Å². The smallest absolute Gasteiger partial charge is 0.269 e. The van der Waals surface area contributed by atoms with E-state index in [0.29, 0.717) is 29.4 Å². The zero-order valence-electron chi connectivity index (χ0n) is 18.6. The maximum absolute atomic E-state index is 13.3. The molecule has 0 fully saturated rings. The molecule has 2 heterocycles. The molecule has 174 valence electrons. The third kappa shape index (κ3) is 5.57. The summed E-state index contributed by atoms with van der Waals surface area (Å²) in [5.74, 6) is 0.396. The van der Waals surface area contributed by atoms with E-state index in [0.717, 1.165) is 4.47 Å². The lowest BCUT2D eigenvalue weighted by Crippen LogP contribution is -2.20. The first-order valence-corrected chi connectivity index (χ1v) is 11.4. The average molecular weight is 531 g/mol. The quantitative estimate of drug-likeness (QED) is 0.260. The van der Waals surface area contributed by atoms with Crippen LogP contribution in [0.1, 0.15) is 12.5 Å². The number of hydrogen-bond acceptors (Lipinski definition) is 6. The highest BCUT2D eigenvalue weighted by molar-refractivity contribution is 9.10. The molecule has 0 saturated heterocycles. The lowest BCUT2D eigenvalue weighted by atomic mass is 10.1. The Morgan fingerprint density at radius 2 is 1.83 bits per heavy atom. The van der Waals surface area contributed by atoms with Gasteiger partial charge in [-0.2, -0.15) is 10.2 Å². The lowest BCUT2D eigenvalue weighted by molar-refractivity contribution is -0.112. The van der Waals surface area contributed by atoms with Gasteiger partial charge in [-0.05, 0) is 73.7 Å². The van der Waals surface area contributed by atoms with Crippen LogP contribution in [0.5, 0.6) is 17.4 Å². The molecule has 2 aromatic heterocycles. The number of fused-ring (bicyclic) bond motifs is 1. The van der Waals surface area contributed by atoms with Gasteiger partial charge in [-0.15, -0.1) is 0 Å². The molecule has 2 aromatic carbocycles. The highest BCUT2D eigenvalue weighted by Gasteiger charge is 2.17. The van der Waals surface area contributed by atoms with Gasteiger partial charge in [-0.25, -0.2) is 0 Å². The molecule has 0 unspecified atom stereocenters. The number of hydrogen-bond donors (Lipinski definition) is 1. The summed E-state index contributed by atoms with van der Waals surface area (Å²) in [4.78, 5) is 30.5. The summed E-state index contributed by atoms with van der Waals surface area (Å²) in [6, 6.07) is 20.7. The van der Waals surface area contributed by atoms with Crippen LogP contribution < -0.4 is 20.3 Å². The standard InChI is InChI=1S/C26H19BrN4O4/c1-2-34-20-12-8-19(9-13-20)29-24(32)17(16-28)15-22-25(35-21-10-6-18(27)7-11-21)30-23-5-3-4-14-31(23)26(22)33/h3-15H,2H2,1H3,(H,29,32)/b17-15+. The number of anilines is 1. The molecule has 8 nitrogen and oxygen atoms in total. The van der Waals surface area contributed by atoms with Crippen molar-refractivity contribution in [3.8, 4) is 23.4 Å². The molecular weight excluding hydrogens is 512 g/mol. The fourth-order valence-corrected chi connectivity index (χ4v) is 3.45. The zero-order valence-corrected chi connectivity index (χ0v) is 20.2. The van der Waals surface area contributed by atoms with Crippen LogP contribution >= 0.6 is 15.9 Å². The Labute approximate surface area is 209 Å². The number of carbonyl (C=O) groups excluding carboxylic acids is 1. The van der Waals surface area contributed by atoms with E-state index in [-0.39, 0.29) is 17.0 Å². The first kappa shape index (κ1) is 23.7. The highest BCUT2D eigenvalue weighted by atomic mass is 79.9. The van der Waals surface area contributed by atoms with Gasteiger partial charge in [-0.3, -0.25) is 14.0 Å². The Balaban J connectivity index is 1.72. The van der Waals surface area contributed by atoms with Crippen LogP contribution in [0.15, 0.2) is 87.8 Å². The SMILES string of the molecule is CCOc1ccc(NC(=O)/C(C#N)=C/c2c(Oc3ccc(Br)cc3)nc3ccccn3c2=O)cc1. The van der Waals surface area contributed by atoms with Crippen LogP contribution in [0.4, 0.5) is 5.69 Å². The number of carbonyl (C=O) groups is 1. The summed E-state index contributed by atoms with van der Waals surface area (Å²) in [7, 11) is 0. The molecule has 0 saturated carbocycles. The van der Waals surface area contributed by atoms with Crippen LogP contribution in [0.2, 0.25) is 0 Å². The molecule has 0 spiro atoms. The summed E-state index contributed by atoms with van der Waals surface area (Å²) in [5.41, 5.74) is 0.0343. The number of nitriles is 1. The minimum atomic E-state index is -0.677. The van der Waals surface area contributed by atoms with Crippen molar-refractivity contribution in [2.45, 2.75) is 6.92 Å². The van der Waals surface area contributed by atoms with Gasteiger partial charge in [0.05, 0.1) is 6.61 Å². The normalized spacial score (nSPS) is 11.1. The van der Waals surface area contributed by atoms with Crippen molar-refractivity contribution < 1.29 is 14.3 Å². The van der Waals surface area contributed by atoms with Crippen molar-refractivity contribution in [1.29, 1.82) is 5.26 Å². The Hall–Kier alpha value is -4.42. The van der Waals surface area contributed by atoms with Gasteiger partial charge < -0.3 is 14.8 Å². The molecule has 1 amide bonds. The third-order valence-corrected chi connectivity index (χ3v) is 5.37. The number of amides is 1. The number of ether oxygens (including phenoxy) is 2. The number of nitrogens with zero attached hydrogens (tertiary/aromatic N) is 3. The summed E-state index contributed by atoms with van der Waals surface area (Å²) in [6.45, 7) is 2.39. The number of halogens is 1. The van der Waals surface area contributed by atoms with Crippen molar-refractivity contribution in [2.24, 2.45) is 0 Å². The summed E-state index contributed by atoms with van der Waals surface area (Å²) >= 11 is 3.36. The van der Waals surface area contributed by atoms with Crippen LogP contribution in [0.25, 0.3) is 11.7 Å². The van der Waals surface area contributed by atoms with Gasteiger partial charge in [0.1, 0.15) is 34.4 Å². The minimum Gasteiger partial charge on any atom is -0.494 e. The Morgan fingerprint density at radius 3 is 2.51 bits per heavy atom. The van der Waals surface area contributed by atoms with E-state index in [2.05, 4.69) is 26.2 Å². The number of benzene rings is 2. The van der Waals surface area contributed by atoms with Crippen LogP contribution in [0, 0.1) is 11.3 Å².